The van der Waals surface area contributed by atoms with Crippen molar-refractivity contribution in [2.24, 2.45) is 0 Å². The van der Waals surface area contributed by atoms with Crippen LogP contribution in [0.25, 0.3) is 6.08 Å². The maximum absolute atomic E-state index is 12.5. The molecule has 7 heteroatoms. The van der Waals surface area contributed by atoms with Gasteiger partial charge in [0, 0.05) is 16.9 Å². The van der Waals surface area contributed by atoms with Crippen LogP contribution in [0.5, 0.6) is 11.5 Å². The molecule has 0 atom stereocenters. The summed E-state index contributed by atoms with van der Waals surface area (Å²) in [6, 6.07) is 24.5. The minimum absolute atomic E-state index is 0.106. The van der Waals surface area contributed by atoms with Crippen molar-refractivity contribution < 1.29 is 19.1 Å². The van der Waals surface area contributed by atoms with Crippen LogP contribution >= 0.6 is 0 Å². The van der Waals surface area contributed by atoms with Crippen molar-refractivity contribution in [3.05, 3.63) is 90.0 Å². The number of carbonyl (C=O) groups excluding carboxylic acids is 2. The van der Waals surface area contributed by atoms with E-state index in [1.54, 1.807) is 67.8 Å². The monoisotopic (exact) mass is 427 g/mol. The highest BCUT2D eigenvalue weighted by Gasteiger charge is 2.12. The average Bonchev–Trinajstić information content (AvgIpc) is 2.83. The Kier molecular flexibility index (Phi) is 7.60. The van der Waals surface area contributed by atoms with Crippen LogP contribution < -0.4 is 20.1 Å². The van der Waals surface area contributed by atoms with Crippen LogP contribution in [0.4, 0.5) is 11.4 Å². The molecule has 0 heterocycles. The largest absolute Gasteiger partial charge is 0.497 e. The summed E-state index contributed by atoms with van der Waals surface area (Å²) < 4.78 is 10.7. The van der Waals surface area contributed by atoms with Crippen LogP contribution in [0, 0.1) is 11.3 Å². The van der Waals surface area contributed by atoms with Gasteiger partial charge in [0.1, 0.15) is 23.1 Å². The van der Waals surface area contributed by atoms with Crippen molar-refractivity contribution in [2.45, 2.75) is 0 Å². The van der Waals surface area contributed by atoms with Crippen molar-refractivity contribution in [1.29, 1.82) is 5.26 Å². The molecule has 3 rings (SSSR count). The molecule has 2 N–H and O–H groups in total. The number of ether oxygens (including phenoxy) is 2. The fourth-order valence-corrected chi connectivity index (χ4v) is 2.77. The maximum atomic E-state index is 12.5. The van der Waals surface area contributed by atoms with E-state index < -0.39 is 5.91 Å². The molecule has 0 aliphatic rings. The van der Waals surface area contributed by atoms with Crippen LogP contribution in [-0.2, 0) is 9.59 Å². The van der Waals surface area contributed by atoms with Gasteiger partial charge in [-0.25, -0.2) is 0 Å². The van der Waals surface area contributed by atoms with Crippen LogP contribution in [0.1, 0.15) is 5.56 Å². The number of nitriles is 1. The summed E-state index contributed by atoms with van der Waals surface area (Å²) in [5.41, 5.74) is 1.59. The molecule has 0 aliphatic heterocycles. The van der Waals surface area contributed by atoms with E-state index in [9.17, 15) is 14.9 Å². The highest BCUT2D eigenvalue weighted by molar-refractivity contribution is 6.09. The van der Waals surface area contributed by atoms with Gasteiger partial charge >= 0.3 is 0 Å². The molecule has 0 bridgehead atoms. The summed E-state index contributed by atoms with van der Waals surface area (Å²) >= 11 is 0. The standard InChI is InChI=1S/C25H21N3O4/c1-31-22-13-11-21(12-14-22)28-25(30)19(16-26)15-18-7-5-6-10-23(18)32-17-24(29)27-20-8-3-2-4-9-20/h2-15H,17H2,1H3,(H,27,29)(H,28,30)/b19-15+. The van der Waals surface area contributed by atoms with Crippen molar-refractivity contribution in [2.75, 3.05) is 24.4 Å². The molecule has 0 spiro atoms. The molecule has 0 unspecified atom stereocenters. The van der Waals surface area contributed by atoms with E-state index in [-0.39, 0.29) is 18.1 Å². The highest BCUT2D eigenvalue weighted by Crippen LogP contribution is 2.22. The molecule has 0 radical (unpaired) electrons. The molecule has 0 fully saturated rings. The molecule has 32 heavy (non-hydrogen) atoms. The lowest BCUT2D eigenvalue weighted by Crippen LogP contribution is -2.20. The van der Waals surface area contributed by atoms with Gasteiger partial charge in [-0.05, 0) is 48.5 Å². The Morgan fingerprint density at radius 3 is 2.25 bits per heavy atom. The quantitative estimate of drug-likeness (QED) is 0.413. The molecule has 0 saturated carbocycles. The lowest BCUT2D eigenvalue weighted by molar-refractivity contribution is -0.118. The van der Waals surface area contributed by atoms with Gasteiger partial charge in [-0.1, -0.05) is 36.4 Å². The predicted molar refractivity (Wildman–Crippen MR) is 122 cm³/mol. The summed E-state index contributed by atoms with van der Waals surface area (Å²) in [6.07, 6.45) is 1.42. The van der Waals surface area contributed by atoms with Gasteiger partial charge in [0.05, 0.1) is 7.11 Å². The van der Waals surface area contributed by atoms with E-state index in [1.165, 1.54) is 6.08 Å². The molecule has 3 aromatic rings. The van der Waals surface area contributed by atoms with Crippen LogP contribution in [0.2, 0.25) is 0 Å². The molecule has 2 amide bonds. The topological polar surface area (TPSA) is 100 Å². The van der Waals surface area contributed by atoms with E-state index >= 15 is 0 Å². The van der Waals surface area contributed by atoms with E-state index in [0.717, 1.165) is 0 Å². The van der Waals surface area contributed by atoms with E-state index in [0.29, 0.717) is 28.4 Å². The first-order chi connectivity index (χ1) is 15.6. The third-order valence-electron chi connectivity index (χ3n) is 4.35. The normalized spacial score (nSPS) is 10.6. The number of rotatable bonds is 8. The second kappa shape index (κ2) is 11.0. The molecule has 0 saturated heterocycles. The first-order valence-corrected chi connectivity index (χ1v) is 9.73. The summed E-state index contributed by atoms with van der Waals surface area (Å²) in [5.74, 6) is 0.143. The van der Waals surface area contributed by atoms with E-state index in [2.05, 4.69) is 10.6 Å². The Morgan fingerprint density at radius 2 is 1.56 bits per heavy atom. The van der Waals surface area contributed by atoms with Gasteiger partial charge in [0.15, 0.2) is 6.61 Å². The van der Waals surface area contributed by atoms with Gasteiger partial charge in [0.25, 0.3) is 11.8 Å². The first-order valence-electron chi connectivity index (χ1n) is 9.73. The summed E-state index contributed by atoms with van der Waals surface area (Å²) in [4.78, 5) is 24.7. The first kappa shape index (κ1) is 22.1. The number of para-hydroxylation sites is 2. The molecular formula is C25H21N3O4. The fourth-order valence-electron chi connectivity index (χ4n) is 2.77. The van der Waals surface area contributed by atoms with Gasteiger partial charge in [-0.15, -0.1) is 0 Å². The van der Waals surface area contributed by atoms with Gasteiger partial charge < -0.3 is 20.1 Å². The highest BCUT2D eigenvalue weighted by atomic mass is 16.5. The predicted octanol–water partition coefficient (Wildman–Crippen LogP) is 4.26. The van der Waals surface area contributed by atoms with Crippen LogP contribution in [-0.4, -0.2) is 25.5 Å². The van der Waals surface area contributed by atoms with Crippen molar-refractivity contribution in [1.82, 2.24) is 0 Å². The minimum Gasteiger partial charge on any atom is -0.497 e. The number of hydrogen-bond donors (Lipinski definition) is 2. The number of carbonyl (C=O) groups is 2. The second-order valence-corrected chi connectivity index (χ2v) is 6.59. The molecule has 3 aromatic carbocycles. The SMILES string of the molecule is COc1ccc(NC(=O)/C(C#N)=C/c2ccccc2OCC(=O)Nc2ccccc2)cc1. The number of nitrogens with one attached hydrogen (secondary N) is 2. The number of benzene rings is 3. The molecule has 0 aromatic heterocycles. The Morgan fingerprint density at radius 1 is 0.906 bits per heavy atom. The maximum Gasteiger partial charge on any atom is 0.266 e. The third-order valence-corrected chi connectivity index (χ3v) is 4.35. The Balaban J connectivity index is 1.68. The number of anilines is 2. The zero-order chi connectivity index (χ0) is 22.8. The number of hydrogen-bond acceptors (Lipinski definition) is 5. The zero-order valence-corrected chi connectivity index (χ0v) is 17.4. The fraction of sp³-hybridized carbons (Fsp3) is 0.0800. The zero-order valence-electron chi connectivity index (χ0n) is 17.4. The minimum atomic E-state index is -0.561. The Labute approximate surface area is 185 Å². The summed E-state index contributed by atoms with van der Waals surface area (Å²) in [6.45, 7) is -0.223. The Hall–Kier alpha value is -4.57. The molecule has 7 nitrogen and oxygen atoms in total. The van der Waals surface area contributed by atoms with Crippen LogP contribution in [0.15, 0.2) is 84.4 Å². The van der Waals surface area contributed by atoms with Crippen molar-refractivity contribution in [3.63, 3.8) is 0 Å². The van der Waals surface area contributed by atoms with Crippen LogP contribution in [0.3, 0.4) is 0 Å². The van der Waals surface area contributed by atoms with E-state index in [1.807, 2.05) is 24.3 Å². The van der Waals surface area contributed by atoms with E-state index in [4.69, 9.17) is 9.47 Å². The lowest BCUT2D eigenvalue weighted by Gasteiger charge is -2.10. The van der Waals surface area contributed by atoms with Gasteiger partial charge in [-0.3, -0.25) is 9.59 Å². The molecule has 0 aliphatic carbocycles. The smallest absolute Gasteiger partial charge is 0.266 e. The van der Waals surface area contributed by atoms with Crippen molar-refractivity contribution >= 4 is 29.3 Å². The Bertz CT molecular complexity index is 1150. The second-order valence-electron chi connectivity index (χ2n) is 6.59. The summed E-state index contributed by atoms with van der Waals surface area (Å²) in [7, 11) is 1.55. The summed E-state index contributed by atoms with van der Waals surface area (Å²) in [5, 5.41) is 14.9. The molecular weight excluding hydrogens is 406 g/mol. The number of nitrogens with zero attached hydrogens (tertiary/aromatic N) is 1. The van der Waals surface area contributed by atoms with Gasteiger partial charge in [-0.2, -0.15) is 5.26 Å². The third kappa shape index (κ3) is 6.21. The molecule has 160 valence electrons. The lowest BCUT2D eigenvalue weighted by atomic mass is 10.1. The number of amides is 2. The van der Waals surface area contributed by atoms with Gasteiger partial charge in [0.2, 0.25) is 0 Å². The number of methoxy groups -OCH3 is 1. The van der Waals surface area contributed by atoms with Crippen molar-refractivity contribution in [3.8, 4) is 17.6 Å². The average molecular weight is 427 g/mol.